The first-order chi connectivity index (χ1) is 10.1. The van der Waals surface area contributed by atoms with Crippen LogP contribution < -0.4 is 10.6 Å². The molecule has 2 fully saturated rings. The van der Waals surface area contributed by atoms with Gasteiger partial charge in [0.15, 0.2) is 0 Å². The SMILES string of the molecule is Cl.Cl.NC1CCC(C(=O)N2CCN(c3ccc(Br)cn3)CC2)C1. The minimum Gasteiger partial charge on any atom is -0.353 e. The average molecular weight is 426 g/mol. The van der Waals surface area contributed by atoms with Crippen LogP contribution in [0.2, 0.25) is 0 Å². The molecule has 2 heterocycles. The van der Waals surface area contributed by atoms with Gasteiger partial charge in [-0.25, -0.2) is 4.98 Å². The number of rotatable bonds is 2. The lowest BCUT2D eigenvalue weighted by Gasteiger charge is -2.36. The molecule has 3 rings (SSSR count). The highest BCUT2D eigenvalue weighted by Gasteiger charge is 2.32. The third-order valence-electron chi connectivity index (χ3n) is 4.45. The Bertz CT molecular complexity index is 509. The Labute approximate surface area is 157 Å². The lowest BCUT2D eigenvalue weighted by molar-refractivity contribution is -0.135. The Morgan fingerprint density at radius 1 is 1.17 bits per heavy atom. The molecule has 0 radical (unpaired) electrons. The second kappa shape index (κ2) is 9.06. The quantitative estimate of drug-likeness (QED) is 0.790. The molecule has 5 nitrogen and oxygen atoms in total. The van der Waals surface area contributed by atoms with Crippen LogP contribution in [0.25, 0.3) is 0 Å². The van der Waals surface area contributed by atoms with Crippen molar-refractivity contribution >= 4 is 52.5 Å². The first-order valence-corrected chi connectivity index (χ1v) is 8.33. The third-order valence-corrected chi connectivity index (χ3v) is 4.92. The molecular formula is C15H23BrCl2N4O. The predicted octanol–water partition coefficient (Wildman–Crippen LogP) is 2.46. The van der Waals surface area contributed by atoms with E-state index < -0.39 is 0 Å². The summed E-state index contributed by atoms with van der Waals surface area (Å²) in [6.07, 6.45) is 4.60. The molecule has 23 heavy (non-hydrogen) atoms. The third kappa shape index (κ3) is 4.95. The molecule has 2 atom stereocenters. The van der Waals surface area contributed by atoms with Crippen molar-refractivity contribution in [3.63, 3.8) is 0 Å². The van der Waals surface area contributed by atoms with E-state index in [0.717, 1.165) is 55.7 Å². The van der Waals surface area contributed by atoms with Crippen molar-refractivity contribution in [1.29, 1.82) is 0 Å². The Hall–Kier alpha value is -0.560. The van der Waals surface area contributed by atoms with E-state index >= 15 is 0 Å². The van der Waals surface area contributed by atoms with Gasteiger partial charge in [0.05, 0.1) is 0 Å². The second-order valence-electron chi connectivity index (χ2n) is 5.92. The Morgan fingerprint density at radius 3 is 2.39 bits per heavy atom. The largest absolute Gasteiger partial charge is 0.353 e. The molecular weight excluding hydrogens is 403 g/mol. The molecule has 0 bridgehead atoms. The van der Waals surface area contributed by atoms with Crippen LogP contribution in [0.4, 0.5) is 5.82 Å². The summed E-state index contributed by atoms with van der Waals surface area (Å²) < 4.78 is 0.984. The molecule has 1 saturated carbocycles. The summed E-state index contributed by atoms with van der Waals surface area (Å²) in [5.74, 6) is 1.43. The molecule has 0 spiro atoms. The molecule has 2 unspecified atom stereocenters. The van der Waals surface area contributed by atoms with E-state index in [-0.39, 0.29) is 36.8 Å². The lowest BCUT2D eigenvalue weighted by Crippen LogP contribution is -2.50. The van der Waals surface area contributed by atoms with E-state index in [2.05, 4.69) is 25.8 Å². The van der Waals surface area contributed by atoms with E-state index in [4.69, 9.17) is 5.73 Å². The summed E-state index contributed by atoms with van der Waals surface area (Å²) in [6, 6.07) is 4.23. The van der Waals surface area contributed by atoms with Gasteiger partial charge >= 0.3 is 0 Å². The van der Waals surface area contributed by atoms with Crippen LogP contribution in [0.3, 0.4) is 0 Å². The van der Waals surface area contributed by atoms with Crippen LogP contribution in [0.5, 0.6) is 0 Å². The highest BCUT2D eigenvalue weighted by atomic mass is 79.9. The Morgan fingerprint density at radius 2 is 1.87 bits per heavy atom. The summed E-state index contributed by atoms with van der Waals surface area (Å²) in [6.45, 7) is 3.25. The Kier molecular flexibility index (Phi) is 8.07. The maximum Gasteiger partial charge on any atom is 0.225 e. The van der Waals surface area contributed by atoms with Crippen LogP contribution in [0, 0.1) is 5.92 Å². The van der Waals surface area contributed by atoms with E-state index in [1.165, 1.54) is 0 Å². The molecule has 1 amide bonds. The van der Waals surface area contributed by atoms with E-state index in [1.54, 1.807) is 0 Å². The second-order valence-corrected chi connectivity index (χ2v) is 6.83. The zero-order valence-corrected chi connectivity index (χ0v) is 16.1. The summed E-state index contributed by atoms with van der Waals surface area (Å²) in [7, 11) is 0. The van der Waals surface area contributed by atoms with Gasteiger partial charge in [-0.1, -0.05) is 0 Å². The fourth-order valence-electron chi connectivity index (χ4n) is 3.21. The number of nitrogens with two attached hydrogens (primary N) is 1. The van der Waals surface area contributed by atoms with Crippen LogP contribution in [0.1, 0.15) is 19.3 Å². The number of halogens is 3. The van der Waals surface area contributed by atoms with Crippen molar-refractivity contribution in [2.45, 2.75) is 25.3 Å². The van der Waals surface area contributed by atoms with Crippen LogP contribution in [0.15, 0.2) is 22.8 Å². The van der Waals surface area contributed by atoms with E-state index in [1.807, 2.05) is 23.2 Å². The highest BCUT2D eigenvalue weighted by molar-refractivity contribution is 9.10. The van der Waals surface area contributed by atoms with Gasteiger partial charge in [-0.15, -0.1) is 24.8 Å². The monoisotopic (exact) mass is 424 g/mol. The molecule has 1 aromatic rings. The number of anilines is 1. The molecule has 8 heteroatoms. The number of pyridine rings is 1. The average Bonchev–Trinajstić information content (AvgIpc) is 2.94. The fourth-order valence-corrected chi connectivity index (χ4v) is 3.44. The standard InChI is InChI=1S/C15H21BrN4O.2ClH/c16-12-2-4-14(18-10-12)19-5-7-20(8-6-19)15(21)11-1-3-13(17)9-11;;/h2,4,10-11,13H,1,3,5-9,17H2;2*1H. The summed E-state index contributed by atoms with van der Waals surface area (Å²) in [5.41, 5.74) is 5.91. The van der Waals surface area contributed by atoms with Crippen LogP contribution in [-0.4, -0.2) is 48.0 Å². The number of nitrogens with zero attached hydrogens (tertiary/aromatic N) is 3. The Balaban J connectivity index is 0.00000132. The smallest absolute Gasteiger partial charge is 0.225 e. The normalized spacial score (nSPS) is 23.9. The first-order valence-electron chi connectivity index (χ1n) is 7.54. The highest BCUT2D eigenvalue weighted by Crippen LogP contribution is 2.26. The van der Waals surface area contributed by atoms with Gasteiger partial charge in [-0.3, -0.25) is 4.79 Å². The van der Waals surface area contributed by atoms with Crippen molar-refractivity contribution in [3.05, 3.63) is 22.8 Å². The number of hydrogen-bond acceptors (Lipinski definition) is 4. The van der Waals surface area contributed by atoms with Gasteiger partial charge in [0, 0.05) is 48.8 Å². The fraction of sp³-hybridized carbons (Fsp3) is 0.600. The van der Waals surface area contributed by atoms with Crippen molar-refractivity contribution < 1.29 is 4.79 Å². The van der Waals surface area contributed by atoms with Crippen molar-refractivity contribution in [3.8, 4) is 0 Å². The number of hydrogen-bond donors (Lipinski definition) is 1. The van der Waals surface area contributed by atoms with Crippen molar-refractivity contribution in [2.24, 2.45) is 11.7 Å². The zero-order valence-electron chi connectivity index (χ0n) is 12.9. The van der Waals surface area contributed by atoms with E-state index in [0.29, 0.717) is 5.91 Å². The summed E-state index contributed by atoms with van der Waals surface area (Å²) in [5, 5.41) is 0. The van der Waals surface area contributed by atoms with Crippen molar-refractivity contribution in [1.82, 2.24) is 9.88 Å². The first kappa shape index (κ1) is 20.5. The minimum absolute atomic E-state index is 0. The maximum atomic E-state index is 12.5. The van der Waals surface area contributed by atoms with Gasteiger partial charge in [0.1, 0.15) is 5.82 Å². The zero-order chi connectivity index (χ0) is 14.8. The molecule has 0 aromatic carbocycles. The number of amides is 1. The topological polar surface area (TPSA) is 62.5 Å². The number of carbonyl (C=O) groups excluding carboxylic acids is 1. The van der Waals surface area contributed by atoms with Gasteiger partial charge in [-0.05, 0) is 47.3 Å². The summed E-state index contributed by atoms with van der Waals surface area (Å²) in [4.78, 5) is 21.1. The van der Waals surface area contributed by atoms with Gasteiger partial charge < -0.3 is 15.5 Å². The molecule has 130 valence electrons. The van der Waals surface area contributed by atoms with Gasteiger partial charge in [0.25, 0.3) is 0 Å². The van der Waals surface area contributed by atoms with Crippen LogP contribution in [-0.2, 0) is 4.79 Å². The molecule has 1 saturated heterocycles. The predicted molar refractivity (Wildman–Crippen MR) is 101 cm³/mol. The van der Waals surface area contributed by atoms with Gasteiger partial charge in [-0.2, -0.15) is 0 Å². The molecule has 2 N–H and O–H groups in total. The number of piperazine rings is 1. The lowest BCUT2D eigenvalue weighted by atomic mass is 10.1. The number of carbonyl (C=O) groups is 1. The van der Waals surface area contributed by atoms with Crippen LogP contribution >= 0.6 is 40.7 Å². The summed E-state index contributed by atoms with van der Waals surface area (Å²) >= 11 is 3.40. The maximum absolute atomic E-state index is 12.5. The van der Waals surface area contributed by atoms with E-state index in [9.17, 15) is 4.79 Å². The molecule has 2 aliphatic rings. The number of aromatic nitrogens is 1. The van der Waals surface area contributed by atoms with Gasteiger partial charge in [0.2, 0.25) is 5.91 Å². The van der Waals surface area contributed by atoms with Crippen molar-refractivity contribution in [2.75, 3.05) is 31.1 Å². The molecule has 1 aromatic heterocycles. The molecule has 1 aliphatic heterocycles. The minimum atomic E-state index is 0. The molecule has 1 aliphatic carbocycles.